The molecule has 0 N–H and O–H groups in total. The Hall–Kier alpha value is -1.80. The number of aromatic nitrogens is 2. The average Bonchev–Trinajstić information content (AvgIpc) is 2.76. The van der Waals surface area contributed by atoms with Crippen molar-refractivity contribution in [2.75, 3.05) is 0 Å². The monoisotopic (exact) mass is 242 g/mol. The Bertz CT molecular complexity index is 644. The van der Waals surface area contributed by atoms with Crippen LogP contribution in [0.3, 0.4) is 0 Å². The van der Waals surface area contributed by atoms with Crippen molar-refractivity contribution in [2.45, 2.75) is 6.42 Å². The Morgan fingerprint density at radius 1 is 1.06 bits per heavy atom. The van der Waals surface area contributed by atoms with Gasteiger partial charge in [0.25, 0.3) is 0 Å². The quantitative estimate of drug-likeness (QED) is 0.672. The predicted octanol–water partition coefficient (Wildman–Crippen LogP) is 3.58. The molecule has 3 aromatic rings. The summed E-state index contributed by atoms with van der Waals surface area (Å²) in [5.74, 6) is 0. The number of nitrogens with zero attached hydrogens (tertiary/aromatic N) is 2. The molecule has 0 aliphatic carbocycles. The summed E-state index contributed by atoms with van der Waals surface area (Å²) in [6.07, 6.45) is 4.74. The van der Waals surface area contributed by atoms with E-state index in [-0.39, 0.29) is 0 Å². The van der Waals surface area contributed by atoms with E-state index < -0.39 is 0 Å². The molecule has 0 amide bonds. The van der Waals surface area contributed by atoms with Gasteiger partial charge in [-0.05, 0) is 17.7 Å². The minimum Gasteiger partial charge on any atom is -0.303 e. The standard InChI is InChI=1S/C14H11ClN2/c15-13-7-4-8-17-12(10-16-14(13)17)9-11-5-2-1-3-6-11/h1-8,10H,9H2. The Labute approximate surface area is 104 Å². The molecule has 0 aliphatic heterocycles. The number of imidazole rings is 1. The van der Waals surface area contributed by atoms with Crippen molar-refractivity contribution in [1.82, 2.24) is 9.38 Å². The molecule has 3 heteroatoms. The molecule has 1 aromatic carbocycles. The van der Waals surface area contributed by atoms with Gasteiger partial charge < -0.3 is 4.40 Å². The van der Waals surface area contributed by atoms with Gasteiger partial charge in [0.1, 0.15) is 0 Å². The van der Waals surface area contributed by atoms with Crippen LogP contribution in [-0.2, 0) is 6.42 Å². The summed E-state index contributed by atoms with van der Waals surface area (Å²) in [6.45, 7) is 0. The largest absolute Gasteiger partial charge is 0.303 e. The number of benzene rings is 1. The van der Waals surface area contributed by atoms with Crippen LogP contribution >= 0.6 is 11.6 Å². The lowest BCUT2D eigenvalue weighted by molar-refractivity contribution is 1.03. The van der Waals surface area contributed by atoms with E-state index in [1.165, 1.54) is 5.56 Å². The zero-order valence-electron chi connectivity index (χ0n) is 9.18. The molecule has 0 fully saturated rings. The lowest BCUT2D eigenvalue weighted by Gasteiger charge is -2.02. The smallest absolute Gasteiger partial charge is 0.155 e. The summed E-state index contributed by atoms with van der Waals surface area (Å²) in [4.78, 5) is 4.35. The topological polar surface area (TPSA) is 17.3 Å². The fourth-order valence-electron chi connectivity index (χ4n) is 1.96. The van der Waals surface area contributed by atoms with Gasteiger partial charge in [-0.2, -0.15) is 0 Å². The third-order valence-corrected chi connectivity index (χ3v) is 3.09. The van der Waals surface area contributed by atoms with E-state index in [9.17, 15) is 0 Å². The number of rotatable bonds is 2. The number of hydrogen-bond donors (Lipinski definition) is 0. The number of fused-ring (bicyclic) bond motifs is 1. The Morgan fingerprint density at radius 3 is 2.71 bits per heavy atom. The van der Waals surface area contributed by atoms with Gasteiger partial charge in [0.15, 0.2) is 5.65 Å². The Balaban J connectivity index is 2.05. The van der Waals surface area contributed by atoms with E-state index in [2.05, 4.69) is 17.1 Å². The first-order valence-electron chi connectivity index (χ1n) is 5.49. The number of halogens is 1. The minimum atomic E-state index is 0.687. The van der Waals surface area contributed by atoms with Gasteiger partial charge in [0, 0.05) is 24.5 Å². The fourth-order valence-corrected chi connectivity index (χ4v) is 2.18. The van der Waals surface area contributed by atoms with Crippen molar-refractivity contribution >= 4 is 17.2 Å². The number of pyridine rings is 1. The van der Waals surface area contributed by atoms with Crippen LogP contribution in [0.2, 0.25) is 5.02 Å². The van der Waals surface area contributed by atoms with Crippen molar-refractivity contribution in [3.05, 3.63) is 71.1 Å². The van der Waals surface area contributed by atoms with Crippen LogP contribution in [0, 0.1) is 0 Å². The molecule has 0 aliphatic rings. The first-order chi connectivity index (χ1) is 8.34. The van der Waals surface area contributed by atoms with Crippen LogP contribution < -0.4 is 0 Å². The molecule has 0 spiro atoms. The van der Waals surface area contributed by atoms with Crippen LogP contribution in [0.1, 0.15) is 11.3 Å². The molecule has 0 saturated carbocycles. The highest BCUT2D eigenvalue weighted by Gasteiger charge is 2.06. The highest BCUT2D eigenvalue weighted by Crippen LogP contribution is 2.18. The van der Waals surface area contributed by atoms with Crippen molar-refractivity contribution in [3.63, 3.8) is 0 Å². The van der Waals surface area contributed by atoms with Crippen LogP contribution in [-0.4, -0.2) is 9.38 Å². The maximum atomic E-state index is 6.09. The molecule has 17 heavy (non-hydrogen) atoms. The molecule has 0 unspecified atom stereocenters. The van der Waals surface area contributed by atoms with Crippen LogP contribution in [0.4, 0.5) is 0 Å². The highest BCUT2D eigenvalue weighted by atomic mass is 35.5. The molecule has 3 rings (SSSR count). The molecular weight excluding hydrogens is 232 g/mol. The molecular formula is C14H11ClN2. The van der Waals surface area contributed by atoms with Crippen LogP contribution in [0.5, 0.6) is 0 Å². The first kappa shape index (κ1) is 10.4. The SMILES string of the molecule is Clc1cccn2c(Cc3ccccc3)cnc12. The van der Waals surface area contributed by atoms with Gasteiger partial charge in [-0.1, -0.05) is 41.9 Å². The van der Waals surface area contributed by atoms with Gasteiger partial charge in [0.2, 0.25) is 0 Å². The van der Waals surface area contributed by atoms with Gasteiger partial charge in [-0.3, -0.25) is 0 Å². The highest BCUT2D eigenvalue weighted by molar-refractivity contribution is 6.33. The molecule has 2 heterocycles. The maximum Gasteiger partial charge on any atom is 0.155 e. The summed E-state index contributed by atoms with van der Waals surface area (Å²) in [7, 11) is 0. The van der Waals surface area contributed by atoms with Crippen LogP contribution in [0.25, 0.3) is 5.65 Å². The van der Waals surface area contributed by atoms with Crippen molar-refractivity contribution in [3.8, 4) is 0 Å². The summed E-state index contributed by atoms with van der Waals surface area (Å²) < 4.78 is 2.04. The summed E-state index contributed by atoms with van der Waals surface area (Å²) in [5, 5.41) is 0.687. The lowest BCUT2D eigenvalue weighted by atomic mass is 10.1. The first-order valence-corrected chi connectivity index (χ1v) is 5.87. The van der Waals surface area contributed by atoms with Gasteiger partial charge in [-0.15, -0.1) is 0 Å². The molecule has 2 nitrogen and oxygen atoms in total. The molecule has 0 radical (unpaired) electrons. The molecule has 84 valence electrons. The average molecular weight is 243 g/mol. The normalized spacial score (nSPS) is 10.9. The van der Waals surface area contributed by atoms with Gasteiger partial charge in [0.05, 0.1) is 5.02 Å². The van der Waals surface area contributed by atoms with E-state index in [4.69, 9.17) is 11.6 Å². The predicted molar refractivity (Wildman–Crippen MR) is 69.5 cm³/mol. The molecule has 2 aromatic heterocycles. The Kier molecular flexibility index (Phi) is 2.57. The van der Waals surface area contributed by atoms with Gasteiger partial charge >= 0.3 is 0 Å². The van der Waals surface area contributed by atoms with E-state index in [0.29, 0.717) is 5.02 Å². The second-order valence-corrected chi connectivity index (χ2v) is 4.37. The van der Waals surface area contributed by atoms with Crippen molar-refractivity contribution in [2.24, 2.45) is 0 Å². The van der Waals surface area contributed by atoms with Crippen LogP contribution in [0.15, 0.2) is 54.9 Å². The van der Waals surface area contributed by atoms with Crippen molar-refractivity contribution in [1.29, 1.82) is 0 Å². The molecule has 0 saturated heterocycles. The summed E-state index contributed by atoms with van der Waals surface area (Å²) >= 11 is 6.09. The third kappa shape index (κ3) is 1.92. The fraction of sp³-hybridized carbons (Fsp3) is 0.0714. The number of hydrogen-bond acceptors (Lipinski definition) is 1. The van der Waals surface area contributed by atoms with Crippen molar-refractivity contribution < 1.29 is 0 Å². The molecule has 0 bridgehead atoms. The van der Waals surface area contributed by atoms with E-state index in [1.54, 1.807) is 0 Å². The summed E-state index contributed by atoms with van der Waals surface area (Å²) in [5.41, 5.74) is 3.24. The maximum absolute atomic E-state index is 6.09. The van der Waals surface area contributed by atoms with E-state index in [0.717, 1.165) is 17.8 Å². The Morgan fingerprint density at radius 2 is 1.88 bits per heavy atom. The lowest BCUT2D eigenvalue weighted by Crippen LogP contribution is -1.94. The molecule has 0 atom stereocenters. The second-order valence-electron chi connectivity index (χ2n) is 3.96. The second kappa shape index (κ2) is 4.22. The summed E-state index contributed by atoms with van der Waals surface area (Å²) in [6, 6.07) is 14.1. The van der Waals surface area contributed by atoms with Gasteiger partial charge in [-0.25, -0.2) is 4.98 Å². The third-order valence-electron chi connectivity index (χ3n) is 2.79. The minimum absolute atomic E-state index is 0.687. The zero-order valence-corrected chi connectivity index (χ0v) is 9.93. The van der Waals surface area contributed by atoms with E-state index >= 15 is 0 Å². The van der Waals surface area contributed by atoms with E-state index in [1.807, 2.05) is 47.1 Å². The zero-order chi connectivity index (χ0) is 11.7.